The summed E-state index contributed by atoms with van der Waals surface area (Å²) in [4.78, 5) is 22.9. The van der Waals surface area contributed by atoms with Crippen LogP contribution in [0.1, 0.15) is 50.2 Å². The van der Waals surface area contributed by atoms with E-state index in [0.717, 1.165) is 31.2 Å². The fraction of sp³-hybridized carbons (Fsp3) is 0.500. The van der Waals surface area contributed by atoms with Crippen LogP contribution in [-0.4, -0.2) is 11.6 Å². The Hall–Kier alpha value is -1.44. The number of carbonyl (C=O) groups excluding carboxylic acids is 2. The minimum absolute atomic E-state index is 0.0350. The van der Waals surface area contributed by atoms with Gasteiger partial charge in [0.2, 0.25) is 0 Å². The van der Waals surface area contributed by atoms with Gasteiger partial charge in [-0.1, -0.05) is 31.2 Å². The van der Waals surface area contributed by atoms with E-state index in [0.29, 0.717) is 5.78 Å². The van der Waals surface area contributed by atoms with Crippen molar-refractivity contribution in [2.24, 2.45) is 5.92 Å². The van der Waals surface area contributed by atoms with Crippen LogP contribution >= 0.6 is 0 Å². The molecular formula is C16H20O2. The second kappa shape index (κ2) is 5.47. The van der Waals surface area contributed by atoms with Crippen molar-refractivity contribution in [2.45, 2.75) is 45.4 Å². The summed E-state index contributed by atoms with van der Waals surface area (Å²) >= 11 is 0. The van der Waals surface area contributed by atoms with E-state index in [1.54, 1.807) is 6.92 Å². The molecule has 0 aromatic heterocycles. The molecule has 2 heteroatoms. The van der Waals surface area contributed by atoms with Crippen LogP contribution in [0.3, 0.4) is 0 Å². The Morgan fingerprint density at radius 2 is 2.00 bits per heavy atom. The van der Waals surface area contributed by atoms with Gasteiger partial charge in [-0.15, -0.1) is 0 Å². The monoisotopic (exact) mass is 244 g/mol. The first-order valence-electron chi connectivity index (χ1n) is 6.70. The predicted octanol–water partition coefficient (Wildman–Crippen LogP) is 3.29. The zero-order valence-corrected chi connectivity index (χ0v) is 11.1. The Bertz CT molecular complexity index is 445. The van der Waals surface area contributed by atoms with Gasteiger partial charge < -0.3 is 0 Å². The first-order valence-corrected chi connectivity index (χ1v) is 6.70. The van der Waals surface area contributed by atoms with Crippen molar-refractivity contribution in [1.82, 2.24) is 0 Å². The molecule has 0 amide bonds. The lowest BCUT2D eigenvalue weighted by Crippen LogP contribution is -2.10. The summed E-state index contributed by atoms with van der Waals surface area (Å²) in [5, 5.41) is 0. The van der Waals surface area contributed by atoms with Crippen molar-refractivity contribution >= 4 is 11.6 Å². The molecule has 0 N–H and O–H groups in total. The smallest absolute Gasteiger partial charge is 0.136 e. The SMILES string of the molecule is CC(=O)[C@H](C)c1ccc(CC2CCCC2=O)cc1. The third kappa shape index (κ3) is 2.87. The molecule has 1 unspecified atom stereocenters. The first-order chi connectivity index (χ1) is 8.58. The number of hydrogen-bond acceptors (Lipinski definition) is 2. The lowest BCUT2D eigenvalue weighted by atomic mass is 9.93. The summed E-state index contributed by atoms with van der Waals surface area (Å²) in [6.07, 6.45) is 3.69. The molecule has 1 fully saturated rings. The molecular weight excluding hydrogens is 224 g/mol. The molecule has 1 aromatic carbocycles. The largest absolute Gasteiger partial charge is 0.299 e. The predicted molar refractivity (Wildman–Crippen MR) is 71.6 cm³/mol. The maximum atomic E-state index is 11.6. The summed E-state index contributed by atoms with van der Waals surface area (Å²) in [7, 11) is 0. The maximum Gasteiger partial charge on any atom is 0.136 e. The summed E-state index contributed by atoms with van der Waals surface area (Å²) in [5.74, 6) is 0.790. The normalized spacial score (nSPS) is 21.0. The molecule has 18 heavy (non-hydrogen) atoms. The number of Topliss-reactive ketones (excluding diaryl/α,β-unsaturated/α-hetero) is 2. The van der Waals surface area contributed by atoms with E-state index in [2.05, 4.69) is 12.1 Å². The molecule has 0 spiro atoms. The number of rotatable bonds is 4. The molecule has 0 bridgehead atoms. The van der Waals surface area contributed by atoms with E-state index in [9.17, 15) is 9.59 Å². The van der Waals surface area contributed by atoms with Gasteiger partial charge in [0.05, 0.1) is 0 Å². The molecule has 2 atom stereocenters. The van der Waals surface area contributed by atoms with Crippen molar-refractivity contribution in [3.8, 4) is 0 Å². The van der Waals surface area contributed by atoms with Gasteiger partial charge in [-0.25, -0.2) is 0 Å². The molecule has 0 radical (unpaired) electrons. The molecule has 2 rings (SSSR count). The lowest BCUT2D eigenvalue weighted by Gasteiger charge is -2.11. The van der Waals surface area contributed by atoms with E-state index in [1.165, 1.54) is 5.56 Å². The van der Waals surface area contributed by atoms with E-state index in [4.69, 9.17) is 0 Å². The van der Waals surface area contributed by atoms with Crippen LogP contribution in [0.5, 0.6) is 0 Å². The minimum atomic E-state index is -0.0350. The van der Waals surface area contributed by atoms with Crippen molar-refractivity contribution < 1.29 is 9.59 Å². The second-order valence-corrected chi connectivity index (χ2v) is 5.33. The number of hydrogen-bond donors (Lipinski definition) is 0. The molecule has 1 aliphatic rings. The first kappa shape index (κ1) is 13.0. The van der Waals surface area contributed by atoms with Crippen molar-refractivity contribution in [1.29, 1.82) is 0 Å². The summed E-state index contributed by atoms with van der Waals surface area (Å²) in [6.45, 7) is 3.55. The van der Waals surface area contributed by atoms with Gasteiger partial charge in [-0.05, 0) is 37.3 Å². The van der Waals surface area contributed by atoms with E-state index >= 15 is 0 Å². The second-order valence-electron chi connectivity index (χ2n) is 5.33. The third-order valence-electron chi connectivity index (χ3n) is 4.00. The van der Waals surface area contributed by atoms with Gasteiger partial charge in [0.15, 0.2) is 0 Å². The highest BCUT2D eigenvalue weighted by molar-refractivity contribution is 5.83. The highest BCUT2D eigenvalue weighted by Crippen LogP contribution is 2.25. The summed E-state index contributed by atoms with van der Waals surface area (Å²) < 4.78 is 0. The number of ketones is 2. The van der Waals surface area contributed by atoms with E-state index < -0.39 is 0 Å². The lowest BCUT2D eigenvalue weighted by molar-refractivity contribution is -0.120. The molecule has 0 saturated heterocycles. The fourth-order valence-corrected chi connectivity index (χ4v) is 2.57. The fourth-order valence-electron chi connectivity index (χ4n) is 2.57. The topological polar surface area (TPSA) is 34.1 Å². The van der Waals surface area contributed by atoms with E-state index in [-0.39, 0.29) is 17.6 Å². The highest BCUT2D eigenvalue weighted by Gasteiger charge is 2.24. The van der Waals surface area contributed by atoms with Crippen LogP contribution in [0.2, 0.25) is 0 Å². The molecule has 1 saturated carbocycles. The van der Waals surface area contributed by atoms with Gasteiger partial charge in [0, 0.05) is 18.3 Å². The van der Waals surface area contributed by atoms with Gasteiger partial charge in [0.25, 0.3) is 0 Å². The quantitative estimate of drug-likeness (QED) is 0.814. The Morgan fingerprint density at radius 3 is 2.50 bits per heavy atom. The zero-order valence-electron chi connectivity index (χ0n) is 11.1. The Morgan fingerprint density at radius 1 is 1.33 bits per heavy atom. The van der Waals surface area contributed by atoms with E-state index in [1.807, 2.05) is 19.1 Å². The average Bonchev–Trinajstić information content (AvgIpc) is 2.75. The number of carbonyl (C=O) groups is 2. The van der Waals surface area contributed by atoms with Crippen LogP contribution in [-0.2, 0) is 16.0 Å². The van der Waals surface area contributed by atoms with Crippen molar-refractivity contribution in [3.63, 3.8) is 0 Å². The summed E-state index contributed by atoms with van der Waals surface area (Å²) in [6, 6.07) is 8.14. The third-order valence-corrected chi connectivity index (χ3v) is 4.00. The zero-order chi connectivity index (χ0) is 13.1. The van der Waals surface area contributed by atoms with Crippen LogP contribution in [0, 0.1) is 5.92 Å². The highest BCUT2D eigenvalue weighted by atomic mass is 16.1. The minimum Gasteiger partial charge on any atom is -0.299 e. The van der Waals surface area contributed by atoms with Gasteiger partial charge >= 0.3 is 0 Å². The van der Waals surface area contributed by atoms with Crippen LogP contribution in [0.15, 0.2) is 24.3 Å². The molecule has 96 valence electrons. The van der Waals surface area contributed by atoms with Gasteiger partial charge in [-0.2, -0.15) is 0 Å². The molecule has 2 nitrogen and oxygen atoms in total. The Balaban J connectivity index is 2.03. The van der Waals surface area contributed by atoms with Crippen LogP contribution < -0.4 is 0 Å². The molecule has 1 aromatic rings. The van der Waals surface area contributed by atoms with Crippen molar-refractivity contribution in [2.75, 3.05) is 0 Å². The Labute approximate surface area is 108 Å². The summed E-state index contributed by atoms with van der Waals surface area (Å²) in [5.41, 5.74) is 2.26. The van der Waals surface area contributed by atoms with Crippen molar-refractivity contribution in [3.05, 3.63) is 35.4 Å². The average molecular weight is 244 g/mol. The van der Waals surface area contributed by atoms with Gasteiger partial charge in [0.1, 0.15) is 11.6 Å². The molecule has 0 heterocycles. The van der Waals surface area contributed by atoms with Crippen LogP contribution in [0.4, 0.5) is 0 Å². The molecule has 0 aliphatic heterocycles. The van der Waals surface area contributed by atoms with Gasteiger partial charge in [-0.3, -0.25) is 9.59 Å². The molecule has 1 aliphatic carbocycles. The number of benzene rings is 1. The maximum absolute atomic E-state index is 11.6. The van der Waals surface area contributed by atoms with Crippen LogP contribution in [0.25, 0.3) is 0 Å². The standard InChI is InChI=1S/C16H20O2/c1-11(12(2)17)14-8-6-13(7-9-14)10-15-4-3-5-16(15)18/h6-9,11,15H,3-5,10H2,1-2H3/t11-,15?/m0/s1. The Kier molecular flexibility index (Phi) is 3.95.